The second-order valence-electron chi connectivity index (χ2n) is 8.94. The van der Waals surface area contributed by atoms with Crippen molar-refractivity contribution >= 4 is 34.4 Å². The van der Waals surface area contributed by atoms with Crippen molar-refractivity contribution in [1.29, 1.82) is 0 Å². The Bertz CT molecular complexity index is 1230. The molecule has 3 N–H and O–H groups in total. The number of amides is 2. The molecule has 0 unspecified atom stereocenters. The number of hydrogen-bond donors (Lipinski definition) is 3. The van der Waals surface area contributed by atoms with E-state index < -0.39 is 12.1 Å². The number of carboxylic acid groups (broad SMARTS) is 1. The normalized spacial score (nSPS) is 18.5. The van der Waals surface area contributed by atoms with E-state index in [-0.39, 0.29) is 47.6 Å². The number of nitrogens with one attached hydrogen (secondary N) is 2. The van der Waals surface area contributed by atoms with Crippen molar-refractivity contribution in [3.8, 4) is 11.1 Å². The molecule has 1 fully saturated rings. The van der Waals surface area contributed by atoms with Gasteiger partial charge in [0.25, 0.3) is 5.91 Å². The van der Waals surface area contributed by atoms with Crippen LogP contribution < -0.4 is 10.6 Å². The number of aromatic nitrogens is 1. The molecule has 0 aliphatic heterocycles. The Morgan fingerprint density at radius 2 is 1.71 bits per heavy atom. The third-order valence-corrected chi connectivity index (χ3v) is 7.39. The molecule has 0 bridgehead atoms. The van der Waals surface area contributed by atoms with Crippen LogP contribution in [0.2, 0.25) is 0 Å². The van der Waals surface area contributed by atoms with Crippen LogP contribution in [-0.4, -0.2) is 40.7 Å². The molecule has 1 saturated carbocycles. The summed E-state index contributed by atoms with van der Waals surface area (Å²) >= 11 is 1.15. The number of aliphatic carboxylic acids is 1. The highest BCUT2D eigenvalue weighted by Crippen LogP contribution is 2.44. The Morgan fingerprint density at radius 1 is 1.03 bits per heavy atom. The van der Waals surface area contributed by atoms with Gasteiger partial charge in [-0.25, -0.2) is 9.78 Å². The van der Waals surface area contributed by atoms with Crippen molar-refractivity contribution in [3.05, 3.63) is 70.7 Å². The van der Waals surface area contributed by atoms with Crippen LogP contribution in [0.25, 0.3) is 11.1 Å². The lowest BCUT2D eigenvalue weighted by molar-refractivity contribution is -0.138. The van der Waals surface area contributed by atoms with Crippen molar-refractivity contribution in [1.82, 2.24) is 10.3 Å². The molecule has 0 spiro atoms. The molecule has 5 rings (SSSR count). The van der Waals surface area contributed by atoms with Crippen molar-refractivity contribution in [2.75, 3.05) is 11.9 Å². The number of thiazole rings is 1. The number of anilines is 1. The van der Waals surface area contributed by atoms with Gasteiger partial charge in [-0.15, -0.1) is 11.3 Å². The van der Waals surface area contributed by atoms with Gasteiger partial charge in [0, 0.05) is 23.8 Å². The van der Waals surface area contributed by atoms with Gasteiger partial charge in [-0.2, -0.15) is 0 Å². The third-order valence-electron chi connectivity index (χ3n) is 6.63. The minimum Gasteiger partial charge on any atom is -0.481 e. The summed E-state index contributed by atoms with van der Waals surface area (Å²) in [5.41, 5.74) is 4.79. The zero-order valence-electron chi connectivity index (χ0n) is 18.9. The highest BCUT2D eigenvalue weighted by molar-refractivity contribution is 7.14. The fraction of sp³-hybridized carbons (Fsp3) is 0.308. The minimum atomic E-state index is -0.814. The van der Waals surface area contributed by atoms with Gasteiger partial charge in [0.05, 0.1) is 0 Å². The van der Waals surface area contributed by atoms with Gasteiger partial charge in [-0.1, -0.05) is 48.5 Å². The van der Waals surface area contributed by atoms with Crippen LogP contribution in [0.3, 0.4) is 0 Å². The third kappa shape index (κ3) is 5.05. The largest absolute Gasteiger partial charge is 0.481 e. The average Bonchev–Trinajstić information content (AvgIpc) is 3.55. The topological polar surface area (TPSA) is 118 Å². The number of hydrogen-bond acceptors (Lipinski definition) is 6. The molecule has 2 aliphatic carbocycles. The van der Waals surface area contributed by atoms with E-state index in [0.29, 0.717) is 6.42 Å². The van der Waals surface area contributed by atoms with Gasteiger partial charge in [0.2, 0.25) is 0 Å². The molecule has 2 atom stereocenters. The zero-order valence-corrected chi connectivity index (χ0v) is 19.7. The van der Waals surface area contributed by atoms with Crippen LogP contribution in [0.5, 0.6) is 0 Å². The lowest BCUT2D eigenvalue weighted by Gasteiger charge is -2.14. The number of ether oxygens (including phenoxy) is 1. The number of fused-ring (bicyclic) bond motifs is 3. The summed E-state index contributed by atoms with van der Waals surface area (Å²) in [5.74, 6) is -1.10. The smallest absolute Gasteiger partial charge is 0.413 e. The predicted octanol–water partition coefficient (Wildman–Crippen LogP) is 4.88. The molecule has 35 heavy (non-hydrogen) atoms. The molecule has 0 saturated heterocycles. The van der Waals surface area contributed by atoms with Gasteiger partial charge < -0.3 is 15.2 Å². The number of benzene rings is 2. The summed E-state index contributed by atoms with van der Waals surface area (Å²) in [4.78, 5) is 40.1. The molecule has 8 nitrogen and oxygen atoms in total. The molecule has 2 amide bonds. The van der Waals surface area contributed by atoms with Crippen LogP contribution in [0.1, 0.15) is 53.2 Å². The van der Waals surface area contributed by atoms with E-state index in [9.17, 15) is 14.4 Å². The summed E-state index contributed by atoms with van der Waals surface area (Å²) < 4.78 is 5.53. The van der Waals surface area contributed by atoms with Gasteiger partial charge in [-0.3, -0.25) is 14.9 Å². The Kier molecular flexibility index (Phi) is 6.50. The van der Waals surface area contributed by atoms with E-state index >= 15 is 0 Å². The van der Waals surface area contributed by atoms with Crippen LogP contribution in [0.15, 0.2) is 53.9 Å². The van der Waals surface area contributed by atoms with Crippen molar-refractivity contribution < 1.29 is 24.2 Å². The highest BCUT2D eigenvalue weighted by Gasteiger charge is 2.30. The second kappa shape index (κ2) is 9.87. The molecular formula is C26H25N3O5S. The first-order chi connectivity index (χ1) is 17.0. The predicted molar refractivity (Wildman–Crippen MR) is 132 cm³/mol. The first-order valence-corrected chi connectivity index (χ1v) is 12.5. The molecule has 9 heteroatoms. The number of carbonyl (C=O) groups is 3. The molecule has 3 aromatic rings. The van der Waals surface area contributed by atoms with Crippen molar-refractivity contribution in [3.63, 3.8) is 0 Å². The number of carbonyl (C=O) groups excluding carboxylic acids is 2. The summed E-state index contributed by atoms with van der Waals surface area (Å²) in [6.07, 6.45) is 1.67. The maximum Gasteiger partial charge on any atom is 0.413 e. The van der Waals surface area contributed by atoms with Gasteiger partial charge in [0.15, 0.2) is 5.13 Å². The van der Waals surface area contributed by atoms with Gasteiger partial charge in [0.1, 0.15) is 12.3 Å². The monoisotopic (exact) mass is 491 g/mol. The molecular weight excluding hydrogens is 466 g/mol. The molecule has 1 heterocycles. The lowest BCUT2D eigenvalue weighted by Crippen LogP contribution is -2.33. The van der Waals surface area contributed by atoms with E-state index in [0.717, 1.165) is 46.4 Å². The number of carboxylic acids is 1. The van der Waals surface area contributed by atoms with Crippen LogP contribution in [0, 0.1) is 5.92 Å². The summed E-state index contributed by atoms with van der Waals surface area (Å²) in [6, 6.07) is 16.2. The van der Waals surface area contributed by atoms with Gasteiger partial charge in [-0.05, 0) is 47.4 Å². The molecule has 2 aliphatic rings. The van der Waals surface area contributed by atoms with Crippen LogP contribution in [0.4, 0.5) is 9.93 Å². The molecule has 2 aromatic carbocycles. The Morgan fingerprint density at radius 3 is 2.40 bits per heavy atom. The molecule has 0 radical (unpaired) electrons. The van der Waals surface area contributed by atoms with Crippen molar-refractivity contribution in [2.45, 2.75) is 37.6 Å². The zero-order chi connectivity index (χ0) is 24.4. The Labute approximate surface area is 206 Å². The summed E-state index contributed by atoms with van der Waals surface area (Å²) in [6.45, 7) is 0.192. The van der Waals surface area contributed by atoms with Crippen molar-refractivity contribution in [2.24, 2.45) is 5.92 Å². The number of nitrogens with zero attached hydrogens (tertiary/aromatic N) is 1. The SMILES string of the molecule is O=C(O)C[C@H]1CC[C@@H](NC(=O)c2csc(NC(=O)OCC3c4ccccc4-c4ccccc43)n2)C1. The quantitative estimate of drug-likeness (QED) is 0.434. The fourth-order valence-corrected chi connectivity index (χ4v) is 5.73. The minimum absolute atomic E-state index is 0.0397. The Balaban J connectivity index is 1.15. The summed E-state index contributed by atoms with van der Waals surface area (Å²) in [7, 11) is 0. The number of rotatable bonds is 7. The van der Waals surface area contributed by atoms with E-state index in [1.54, 1.807) is 5.38 Å². The fourth-order valence-electron chi connectivity index (χ4n) is 5.05. The molecule has 180 valence electrons. The first kappa shape index (κ1) is 23.0. The van der Waals surface area contributed by atoms with E-state index in [1.807, 2.05) is 24.3 Å². The lowest BCUT2D eigenvalue weighted by atomic mass is 9.98. The maximum absolute atomic E-state index is 12.5. The standard InChI is InChI=1S/C26H25N3O5S/c30-23(31)12-15-9-10-16(11-15)27-24(32)22-14-35-25(28-22)29-26(33)34-13-21-19-7-3-1-5-17(19)18-6-2-4-8-20(18)21/h1-8,14-16,21H,9-13H2,(H,27,32)(H,30,31)(H,28,29,33)/t15-,16+/m0/s1. The average molecular weight is 492 g/mol. The first-order valence-electron chi connectivity index (χ1n) is 11.6. The maximum atomic E-state index is 12.5. The van der Waals surface area contributed by atoms with Crippen LogP contribution in [-0.2, 0) is 9.53 Å². The van der Waals surface area contributed by atoms with Crippen LogP contribution >= 0.6 is 11.3 Å². The van der Waals surface area contributed by atoms with E-state index in [1.165, 1.54) is 0 Å². The van der Waals surface area contributed by atoms with E-state index in [4.69, 9.17) is 9.84 Å². The van der Waals surface area contributed by atoms with Gasteiger partial charge >= 0.3 is 12.1 Å². The summed E-state index contributed by atoms with van der Waals surface area (Å²) in [5, 5.41) is 16.3. The molecule has 1 aromatic heterocycles. The second-order valence-corrected chi connectivity index (χ2v) is 9.79. The Hall–Kier alpha value is -3.72. The highest BCUT2D eigenvalue weighted by atomic mass is 32.1. The van der Waals surface area contributed by atoms with E-state index in [2.05, 4.69) is 39.9 Å².